The van der Waals surface area contributed by atoms with Crippen LogP contribution in [0.1, 0.15) is 18.7 Å². The van der Waals surface area contributed by atoms with Crippen LogP contribution in [0.5, 0.6) is 11.5 Å². The number of halogens is 1. The van der Waals surface area contributed by atoms with Gasteiger partial charge in [-0.1, -0.05) is 12.1 Å². The first kappa shape index (κ1) is 12.3. The zero-order valence-electron chi connectivity index (χ0n) is 9.07. The Hall–Kier alpha value is -1.78. The molecule has 5 heteroatoms. The van der Waals surface area contributed by atoms with Crippen LogP contribution >= 0.6 is 0 Å². The minimum absolute atomic E-state index is 0.0408. The van der Waals surface area contributed by atoms with Gasteiger partial charge in [0, 0.05) is 5.56 Å². The lowest BCUT2D eigenvalue weighted by atomic mass is 10.1. The van der Waals surface area contributed by atoms with Gasteiger partial charge in [0.25, 0.3) is 0 Å². The van der Waals surface area contributed by atoms with E-state index in [9.17, 15) is 14.3 Å². The Kier molecular flexibility index (Phi) is 4.10. The average molecular weight is 228 g/mol. The molecular formula is C11H13FO4. The van der Waals surface area contributed by atoms with Crippen LogP contribution in [0.15, 0.2) is 18.2 Å². The van der Waals surface area contributed by atoms with Crippen molar-refractivity contribution in [1.29, 1.82) is 0 Å². The molecule has 1 aromatic carbocycles. The number of hydrogen-bond acceptors (Lipinski definition) is 4. The number of hydrogen-bond donors (Lipinski definition) is 1. The van der Waals surface area contributed by atoms with E-state index in [-0.39, 0.29) is 23.7 Å². The Morgan fingerprint density at radius 2 is 2.25 bits per heavy atom. The maximum Gasteiger partial charge on any atom is 0.345 e. The van der Waals surface area contributed by atoms with Gasteiger partial charge in [0.05, 0.1) is 13.7 Å². The van der Waals surface area contributed by atoms with Crippen LogP contribution in [0.2, 0.25) is 0 Å². The van der Waals surface area contributed by atoms with Crippen LogP contribution < -0.4 is 4.74 Å². The molecule has 0 aliphatic heterocycles. The molecule has 0 heterocycles. The Morgan fingerprint density at radius 3 is 2.81 bits per heavy atom. The molecule has 0 saturated carbocycles. The second kappa shape index (κ2) is 5.34. The van der Waals surface area contributed by atoms with Crippen LogP contribution in [0.25, 0.3) is 0 Å². The summed E-state index contributed by atoms with van der Waals surface area (Å²) in [4.78, 5) is 11.2. The van der Waals surface area contributed by atoms with E-state index in [2.05, 4.69) is 4.74 Å². The SMILES string of the molecule is CCOC(=O)C(F)c1cccc(O)c1OC. The first-order valence-electron chi connectivity index (χ1n) is 4.78. The molecule has 1 unspecified atom stereocenters. The van der Waals surface area contributed by atoms with E-state index < -0.39 is 12.1 Å². The van der Waals surface area contributed by atoms with Crippen LogP contribution in [0, 0.1) is 0 Å². The summed E-state index contributed by atoms with van der Waals surface area (Å²) in [5.41, 5.74) is -0.0408. The lowest BCUT2D eigenvalue weighted by Gasteiger charge is -2.12. The van der Waals surface area contributed by atoms with Crippen molar-refractivity contribution in [3.63, 3.8) is 0 Å². The summed E-state index contributed by atoms with van der Waals surface area (Å²) in [7, 11) is 1.29. The number of esters is 1. The Labute approximate surface area is 92.6 Å². The number of alkyl halides is 1. The zero-order chi connectivity index (χ0) is 12.1. The summed E-state index contributed by atoms with van der Waals surface area (Å²) in [5, 5.41) is 9.41. The number of aromatic hydroxyl groups is 1. The van der Waals surface area contributed by atoms with Crippen LogP contribution in [0.4, 0.5) is 4.39 Å². The van der Waals surface area contributed by atoms with Gasteiger partial charge in [0.1, 0.15) is 0 Å². The topological polar surface area (TPSA) is 55.8 Å². The summed E-state index contributed by atoms with van der Waals surface area (Å²) in [6, 6.07) is 4.14. The highest BCUT2D eigenvalue weighted by atomic mass is 19.1. The molecule has 0 aliphatic carbocycles. The van der Waals surface area contributed by atoms with Gasteiger partial charge in [0.2, 0.25) is 6.17 Å². The van der Waals surface area contributed by atoms with Crippen molar-refractivity contribution in [2.75, 3.05) is 13.7 Å². The summed E-state index contributed by atoms with van der Waals surface area (Å²) in [6.45, 7) is 1.69. The second-order valence-electron chi connectivity index (χ2n) is 3.01. The van der Waals surface area contributed by atoms with E-state index in [4.69, 9.17) is 4.74 Å². The molecule has 1 atom stereocenters. The van der Waals surface area contributed by atoms with Crippen molar-refractivity contribution < 1.29 is 23.8 Å². The molecule has 88 valence electrons. The Morgan fingerprint density at radius 1 is 1.56 bits per heavy atom. The van der Waals surface area contributed by atoms with Gasteiger partial charge < -0.3 is 14.6 Å². The molecule has 0 amide bonds. The van der Waals surface area contributed by atoms with E-state index in [1.165, 1.54) is 25.3 Å². The first-order chi connectivity index (χ1) is 7.61. The number of phenols is 1. The second-order valence-corrected chi connectivity index (χ2v) is 3.01. The summed E-state index contributed by atoms with van der Waals surface area (Å²) < 4.78 is 23.1. The molecule has 0 fully saturated rings. The maximum absolute atomic E-state index is 13.7. The number of benzene rings is 1. The molecule has 0 radical (unpaired) electrons. The summed E-state index contributed by atoms with van der Waals surface area (Å²) in [6.07, 6.45) is -1.96. The molecule has 0 aliphatic rings. The Bertz CT molecular complexity index is 378. The van der Waals surface area contributed by atoms with Crippen molar-refractivity contribution in [2.24, 2.45) is 0 Å². The fourth-order valence-corrected chi connectivity index (χ4v) is 1.31. The number of para-hydroxylation sites is 1. The quantitative estimate of drug-likeness (QED) is 0.800. The average Bonchev–Trinajstić information content (AvgIpc) is 2.28. The lowest BCUT2D eigenvalue weighted by Crippen LogP contribution is -2.12. The molecule has 16 heavy (non-hydrogen) atoms. The van der Waals surface area contributed by atoms with Crippen molar-refractivity contribution in [3.8, 4) is 11.5 Å². The van der Waals surface area contributed by atoms with Crippen molar-refractivity contribution >= 4 is 5.97 Å². The van der Waals surface area contributed by atoms with Gasteiger partial charge in [-0.15, -0.1) is 0 Å². The van der Waals surface area contributed by atoms with Crippen LogP contribution in [-0.4, -0.2) is 24.8 Å². The molecule has 4 nitrogen and oxygen atoms in total. The minimum atomic E-state index is -1.96. The van der Waals surface area contributed by atoms with Gasteiger partial charge in [-0.2, -0.15) is 0 Å². The highest BCUT2D eigenvalue weighted by molar-refractivity contribution is 5.78. The van der Waals surface area contributed by atoms with Crippen LogP contribution in [-0.2, 0) is 9.53 Å². The zero-order valence-corrected chi connectivity index (χ0v) is 9.07. The van der Waals surface area contributed by atoms with Crippen molar-refractivity contribution in [2.45, 2.75) is 13.1 Å². The summed E-state index contributed by atoms with van der Waals surface area (Å²) in [5.74, 6) is -1.26. The third-order valence-corrected chi connectivity index (χ3v) is 2.00. The molecule has 0 spiro atoms. The predicted octanol–water partition coefficient (Wildman–Crippen LogP) is 1.97. The largest absolute Gasteiger partial charge is 0.504 e. The van der Waals surface area contributed by atoms with E-state index in [0.29, 0.717) is 0 Å². The molecular weight excluding hydrogens is 215 g/mol. The Balaban J connectivity index is 3.03. The first-order valence-corrected chi connectivity index (χ1v) is 4.78. The van der Waals surface area contributed by atoms with Gasteiger partial charge in [-0.05, 0) is 13.0 Å². The standard InChI is InChI=1S/C11H13FO4/c1-3-16-11(14)9(12)7-5-4-6-8(13)10(7)15-2/h4-6,9,13H,3H2,1-2H3. The van der Waals surface area contributed by atoms with E-state index in [1.54, 1.807) is 6.92 Å². The normalized spacial score (nSPS) is 11.9. The molecule has 1 aromatic rings. The predicted molar refractivity (Wildman–Crippen MR) is 55.1 cm³/mol. The highest BCUT2D eigenvalue weighted by Crippen LogP contribution is 2.35. The van der Waals surface area contributed by atoms with Gasteiger partial charge in [-0.25, -0.2) is 9.18 Å². The number of phenolic OH excluding ortho intramolecular Hbond substituents is 1. The van der Waals surface area contributed by atoms with E-state index >= 15 is 0 Å². The fourth-order valence-electron chi connectivity index (χ4n) is 1.31. The minimum Gasteiger partial charge on any atom is -0.504 e. The fraction of sp³-hybridized carbons (Fsp3) is 0.364. The van der Waals surface area contributed by atoms with Crippen LogP contribution in [0.3, 0.4) is 0 Å². The molecule has 0 aromatic heterocycles. The molecule has 1 N–H and O–H groups in total. The smallest absolute Gasteiger partial charge is 0.345 e. The van der Waals surface area contributed by atoms with Gasteiger partial charge in [-0.3, -0.25) is 0 Å². The summed E-state index contributed by atoms with van der Waals surface area (Å²) >= 11 is 0. The van der Waals surface area contributed by atoms with Gasteiger partial charge >= 0.3 is 5.97 Å². The maximum atomic E-state index is 13.7. The third-order valence-electron chi connectivity index (χ3n) is 2.00. The number of carbonyl (C=O) groups excluding carboxylic acids is 1. The van der Waals surface area contributed by atoms with Crippen molar-refractivity contribution in [1.82, 2.24) is 0 Å². The van der Waals surface area contributed by atoms with Crippen molar-refractivity contribution in [3.05, 3.63) is 23.8 Å². The molecule has 1 rings (SSSR count). The monoisotopic (exact) mass is 228 g/mol. The molecule has 0 saturated heterocycles. The third kappa shape index (κ3) is 2.42. The number of rotatable bonds is 4. The lowest BCUT2D eigenvalue weighted by molar-refractivity contribution is -0.149. The number of carbonyl (C=O) groups is 1. The van der Waals surface area contributed by atoms with Gasteiger partial charge in [0.15, 0.2) is 11.5 Å². The number of ether oxygens (including phenoxy) is 2. The highest BCUT2D eigenvalue weighted by Gasteiger charge is 2.25. The number of methoxy groups -OCH3 is 1. The molecule has 0 bridgehead atoms. The van der Waals surface area contributed by atoms with E-state index in [1.807, 2.05) is 0 Å². The van der Waals surface area contributed by atoms with E-state index in [0.717, 1.165) is 0 Å².